The molecule has 5 heteroatoms. The van der Waals surface area contributed by atoms with Gasteiger partial charge in [-0.3, -0.25) is 9.59 Å². The maximum atomic E-state index is 12.9. The zero-order valence-electron chi connectivity index (χ0n) is 13.5. The molecule has 2 rings (SSSR count). The molecule has 0 aromatic heterocycles. The Balaban J connectivity index is 2.12. The number of piperazine rings is 1. The number of ether oxygens (including phenoxy) is 1. The van der Waals surface area contributed by atoms with Crippen molar-refractivity contribution in [2.75, 3.05) is 13.2 Å². The van der Waals surface area contributed by atoms with Gasteiger partial charge in [0.15, 0.2) is 0 Å². The Morgan fingerprint density at radius 2 is 2.00 bits per heavy atom. The number of nitrogens with one attached hydrogen (secondary N) is 1. The molecule has 0 aromatic rings. The van der Waals surface area contributed by atoms with E-state index in [1.807, 2.05) is 20.8 Å². The molecule has 1 N–H and O–H groups in total. The molecule has 0 saturated carbocycles. The Morgan fingerprint density at radius 3 is 2.52 bits per heavy atom. The summed E-state index contributed by atoms with van der Waals surface area (Å²) in [6, 6.07) is -0.329. The highest BCUT2D eigenvalue weighted by molar-refractivity contribution is 5.99. The molecule has 0 aromatic carbocycles. The molecule has 0 aliphatic carbocycles. The van der Waals surface area contributed by atoms with Crippen molar-refractivity contribution in [3.63, 3.8) is 0 Å². The van der Waals surface area contributed by atoms with Gasteiger partial charge in [0.05, 0.1) is 6.10 Å². The third kappa shape index (κ3) is 3.07. The number of hydrogen-bond donors (Lipinski definition) is 1. The van der Waals surface area contributed by atoms with Crippen molar-refractivity contribution in [2.45, 2.75) is 77.0 Å². The average Bonchev–Trinajstić information content (AvgIpc) is 3.01. The monoisotopic (exact) mass is 296 g/mol. The van der Waals surface area contributed by atoms with E-state index in [9.17, 15) is 9.59 Å². The van der Waals surface area contributed by atoms with Gasteiger partial charge in [0, 0.05) is 13.2 Å². The molecule has 0 bridgehead atoms. The summed E-state index contributed by atoms with van der Waals surface area (Å²) in [6.45, 7) is 7.33. The minimum absolute atomic E-state index is 0.00635. The van der Waals surface area contributed by atoms with Crippen molar-refractivity contribution >= 4 is 11.8 Å². The predicted molar refractivity (Wildman–Crippen MR) is 80.8 cm³/mol. The van der Waals surface area contributed by atoms with Crippen molar-refractivity contribution in [1.82, 2.24) is 10.2 Å². The van der Waals surface area contributed by atoms with Crippen LogP contribution in [0.4, 0.5) is 0 Å². The van der Waals surface area contributed by atoms with Crippen LogP contribution in [0.3, 0.4) is 0 Å². The summed E-state index contributed by atoms with van der Waals surface area (Å²) in [5, 5.41) is 2.98. The summed E-state index contributed by atoms with van der Waals surface area (Å²) < 4.78 is 5.64. The first kappa shape index (κ1) is 16.3. The number of hydrogen-bond acceptors (Lipinski definition) is 3. The zero-order chi connectivity index (χ0) is 15.5. The molecule has 2 aliphatic rings. The van der Waals surface area contributed by atoms with Gasteiger partial charge >= 0.3 is 0 Å². The molecule has 2 unspecified atom stereocenters. The first-order valence-corrected chi connectivity index (χ1v) is 8.32. The first-order chi connectivity index (χ1) is 10.1. The van der Waals surface area contributed by atoms with Gasteiger partial charge in [-0.2, -0.15) is 0 Å². The SMILES string of the molecule is CCC1C(=O)NC(CC)(CC)C(=O)N1CCC1CCCO1. The zero-order valence-corrected chi connectivity index (χ0v) is 13.5. The summed E-state index contributed by atoms with van der Waals surface area (Å²) >= 11 is 0. The Morgan fingerprint density at radius 1 is 1.29 bits per heavy atom. The molecule has 120 valence electrons. The van der Waals surface area contributed by atoms with E-state index in [1.54, 1.807) is 4.90 Å². The highest BCUT2D eigenvalue weighted by atomic mass is 16.5. The Bertz CT molecular complexity index is 387. The van der Waals surface area contributed by atoms with E-state index in [-0.39, 0.29) is 24.0 Å². The van der Waals surface area contributed by atoms with Gasteiger partial charge < -0.3 is 15.0 Å². The first-order valence-electron chi connectivity index (χ1n) is 8.32. The molecule has 0 radical (unpaired) electrons. The number of amides is 2. The van der Waals surface area contributed by atoms with Crippen molar-refractivity contribution in [3.05, 3.63) is 0 Å². The van der Waals surface area contributed by atoms with E-state index in [0.29, 0.717) is 25.8 Å². The smallest absolute Gasteiger partial charge is 0.248 e. The van der Waals surface area contributed by atoms with Crippen molar-refractivity contribution < 1.29 is 14.3 Å². The molecule has 21 heavy (non-hydrogen) atoms. The van der Waals surface area contributed by atoms with Gasteiger partial charge in [-0.05, 0) is 38.5 Å². The van der Waals surface area contributed by atoms with Crippen molar-refractivity contribution in [2.24, 2.45) is 0 Å². The highest BCUT2D eigenvalue weighted by Crippen LogP contribution is 2.27. The maximum Gasteiger partial charge on any atom is 0.248 e. The summed E-state index contributed by atoms with van der Waals surface area (Å²) in [7, 11) is 0. The summed E-state index contributed by atoms with van der Waals surface area (Å²) in [6.07, 6.45) is 5.19. The molecule has 2 amide bonds. The normalized spacial score (nSPS) is 28.8. The van der Waals surface area contributed by atoms with Crippen LogP contribution in [0.5, 0.6) is 0 Å². The Labute approximate surface area is 127 Å². The standard InChI is InChI=1S/C16H28N2O3/c1-4-13-14(19)17-16(5-2,6-3)15(20)18(13)10-9-12-8-7-11-21-12/h12-13H,4-11H2,1-3H3,(H,17,19). The molecule has 2 atom stereocenters. The van der Waals surface area contributed by atoms with E-state index in [1.165, 1.54) is 0 Å². The third-order valence-electron chi connectivity index (χ3n) is 5.02. The fraction of sp³-hybridized carbons (Fsp3) is 0.875. The van der Waals surface area contributed by atoms with Crippen LogP contribution in [0, 0.1) is 0 Å². The molecule has 0 spiro atoms. The summed E-state index contributed by atoms with van der Waals surface area (Å²) in [5.74, 6) is 0.0742. The minimum atomic E-state index is -0.709. The van der Waals surface area contributed by atoms with Gasteiger partial charge in [0.1, 0.15) is 11.6 Å². The largest absolute Gasteiger partial charge is 0.378 e. The van der Waals surface area contributed by atoms with Crippen LogP contribution in [-0.2, 0) is 14.3 Å². The lowest BCUT2D eigenvalue weighted by atomic mass is 9.86. The summed E-state index contributed by atoms with van der Waals surface area (Å²) in [4.78, 5) is 27.1. The topological polar surface area (TPSA) is 58.6 Å². The average molecular weight is 296 g/mol. The highest BCUT2D eigenvalue weighted by Gasteiger charge is 2.48. The van der Waals surface area contributed by atoms with Gasteiger partial charge in [0.25, 0.3) is 0 Å². The molecule has 2 saturated heterocycles. The fourth-order valence-electron chi connectivity index (χ4n) is 3.48. The second-order valence-electron chi connectivity index (χ2n) is 6.12. The second kappa shape index (κ2) is 6.77. The van der Waals surface area contributed by atoms with Crippen LogP contribution in [0.15, 0.2) is 0 Å². The van der Waals surface area contributed by atoms with Crippen LogP contribution < -0.4 is 5.32 Å². The third-order valence-corrected chi connectivity index (χ3v) is 5.02. The maximum absolute atomic E-state index is 12.9. The van der Waals surface area contributed by atoms with Crippen LogP contribution in [0.25, 0.3) is 0 Å². The van der Waals surface area contributed by atoms with Crippen LogP contribution >= 0.6 is 0 Å². The molecule has 5 nitrogen and oxygen atoms in total. The van der Waals surface area contributed by atoms with Gasteiger partial charge in [-0.1, -0.05) is 20.8 Å². The van der Waals surface area contributed by atoms with Gasteiger partial charge in [-0.15, -0.1) is 0 Å². The van der Waals surface area contributed by atoms with E-state index >= 15 is 0 Å². The predicted octanol–water partition coefficient (Wildman–Crippen LogP) is 1.85. The van der Waals surface area contributed by atoms with Crippen LogP contribution in [-0.4, -0.2) is 47.6 Å². The molecular weight excluding hydrogens is 268 g/mol. The lowest BCUT2D eigenvalue weighted by molar-refractivity contribution is -0.156. The number of rotatable bonds is 6. The molecule has 2 heterocycles. The van der Waals surface area contributed by atoms with E-state index < -0.39 is 5.54 Å². The number of carbonyl (C=O) groups excluding carboxylic acids is 2. The Kier molecular flexibility index (Phi) is 5.25. The van der Waals surface area contributed by atoms with E-state index in [0.717, 1.165) is 25.9 Å². The van der Waals surface area contributed by atoms with E-state index in [4.69, 9.17) is 4.74 Å². The molecule has 2 fully saturated rings. The van der Waals surface area contributed by atoms with E-state index in [2.05, 4.69) is 5.32 Å². The Hall–Kier alpha value is -1.10. The van der Waals surface area contributed by atoms with Crippen LogP contribution in [0.1, 0.15) is 59.3 Å². The lowest BCUT2D eigenvalue weighted by Gasteiger charge is -2.45. The second-order valence-corrected chi connectivity index (χ2v) is 6.12. The quantitative estimate of drug-likeness (QED) is 0.814. The summed E-state index contributed by atoms with van der Waals surface area (Å²) in [5.41, 5.74) is -0.709. The molecular formula is C16H28N2O3. The van der Waals surface area contributed by atoms with Gasteiger partial charge in [0.2, 0.25) is 11.8 Å². The number of carbonyl (C=O) groups is 2. The van der Waals surface area contributed by atoms with Crippen LogP contribution in [0.2, 0.25) is 0 Å². The van der Waals surface area contributed by atoms with Crippen molar-refractivity contribution in [3.8, 4) is 0 Å². The van der Waals surface area contributed by atoms with Gasteiger partial charge in [-0.25, -0.2) is 0 Å². The lowest BCUT2D eigenvalue weighted by Crippen LogP contribution is -2.70. The fourth-order valence-corrected chi connectivity index (χ4v) is 3.48. The minimum Gasteiger partial charge on any atom is -0.378 e. The molecule has 2 aliphatic heterocycles. The van der Waals surface area contributed by atoms with Crippen molar-refractivity contribution in [1.29, 1.82) is 0 Å². The number of nitrogens with zero attached hydrogens (tertiary/aromatic N) is 1.